The summed E-state index contributed by atoms with van der Waals surface area (Å²) in [6.07, 6.45) is 4.18. The Balaban J connectivity index is 1.13. The highest BCUT2D eigenvalue weighted by Crippen LogP contribution is 2.39. The molecule has 4 aromatic rings. The molecule has 0 saturated carbocycles. The molecule has 0 radical (unpaired) electrons. The number of carbonyl (C=O) groups is 2. The molecule has 2 aliphatic rings. The molecule has 2 amide bonds. The number of methoxy groups -OCH3 is 1. The molecular weight excluding hydrogens is 630 g/mol. The van der Waals surface area contributed by atoms with Gasteiger partial charge in [-0.05, 0) is 71.4 Å². The fraction of sp³-hybridized carbons (Fsp3) is 0.366. The number of piperidine rings is 1. The zero-order valence-corrected chi connectivity index (χ0v) is 28.6. The Morgan fingerprint density at radius 3 is 2.28 bits per heavy atom. The van der Waals surface area contributed by atoms with Gasteiger partial charge in [-0.25, -0.2) is 9.59 Å². The number of aliphatic hydroxyl groups excluding tert-OH is 1. The zero-order valence-electron chi connectivity index (χ0n) is 28.6. The Morgan fingerprint density at radius 2 is 1.54 bits per heavy atom. The Kier molecular flexibility index (Phi) is 12.3. The van der Waals surface area contributed by atoms with Crippen LogP contribution < -0.4 is 10.6 Å². The predicted octanol–water partition coefficient (Wildman–Crippen LogP) is 6.46. The maximum Gasteiger partial charge on any atom is 0.328 e. The summed E-state index contributed by atoms with van der Waals surface area (Å²) in [4.78, 5) is 27.8. The lowest BCUT2D eigenvalue weighted by molar-refractivity contribution is -0.253. The average molecular weight is 678 g/mol. The third-order valence-electron chi connectivity index (χ3n) is 9.47. The second kappa shape index (κ2) is 17.4. The Labute approximate surface area is 294 Å². The van der Waals surface area contributed by atoms with Gasteiger partial charge in [-0.15, -0.1) is 0 Å². The number of hydrogen-bond donors (Lipinski definition) is 3. The quantitative estimate of drug-likeness (QED) is 0.148. The van der Waals surface area contributed by atoms with Crippen LogP contribution in [-0.4, -0.2) is 60.9 Å². The number of rotatable bonds is 12. The van der Waals surface area contributed by atoms with Gasteiger partial charge in [-0.1, -0.05) is 97.4 Å². The van der Waals surface area contributed by atoms with E-state index in [4.69, 9.17) is 14.2 Å². The summed E-state index contributed by atoms with van der Waals surface area (Å²) in [7, 11) is 1.32. The second-order valence-electron chi connectivity index (χ2n) is 13.1. The van der Waals surface area contributed by atoms with Crippen LogP contribution in [0, 0.1) is 0 Å². The van der Waals surface area contributed by atoms with Crippen LogP contribution in [-0.2, 0) is 38.6 Å². The number of hydrogen-bond acceptors (Lipinski definition) is 7. The first-order chi connectivity index (χ1) is 24.5. The van der Waals surface area contributed by atoms with Crippen LogP contribution in [0.25, 0.3) is 11.1 Å². The molecule has 2 heterocycles. The fourth-order valence-corrected chi connectivity index (χ4v) is 6.77. The molecule has 4 aromatic carbocycles. The highest BCUT2D eigenvalue weighted by Gasteiger charge is 2.33. The number of nitrogens with one attached hydrogen (secondary N) is 2. The summed E-state index contributed by atoms with van der Waals surface area (Å²) >= 11 is 0. The smallest absolute Gasteiger partial charge is 0.328 e. The Morgan fingerprint density at radius 1 is 0.820 bits per heavy atom. The van der Waals surface area contributed by atoms with Gasteiger partial charge in [0, 0.05) is 31.5 Å². The number of amides is 2. The monoisotopic (exact) mass is 677 g/mol. The maximum atomic E-state index is 12.9. The average Bonchev–Trinajstić information content (AvgIpc) is 3.17. The SMILES string of the molecule is COC(=O)C(Cc1ccccc1)NC(=O)NCc1cccc(-c2cccc(C3OC(CN4CCCCC4)CC(c4ccc(CO)cc4)O3)c2)c1. The Bertz CT molecular complexity index is 1690. The van der Waals surface area contributed by atoms with E-state index in [1.54, 1.807) is 0 Å². The van der Waals surface area contributed by atoms with Crippen molar-refractivity contribution in [3.8, 4) is 11.1 Å². The number of likely N-dealkylation sites (tertiary alicyclic amines) is 1. The molecule has 3 N–H and O–H groups in total. The summed E-state index contributed by atoms with van der Waals surface area (Å²) in [5, 5.41) is 15.2. The number of esters is 1. The first-order valence-electron chi connectivity index (χ1n) is 17.6. The first-order valence-corrected chi connectivity index (χ1v) is 17.6. The van der Waals surface area contributed by atoms with Gasteiger partial charge in [-0.3, -0.25) is 0 Å². The maximum absolute atomic E-state index is 12.9. The predicted molar refractivity (Wildman–Crippen MR) is 192 cm³/mol. The molecule has 9 nitrogen and oxygen atoms in total. The molecule has 9 heteroatoms. The van der Waals surface area contributed by atoms with E-state index in [1.807, 2.05) is 84.9 Å². The van der Waals surface area contributed by atoms with Crippen LogP contribution in [0.3, 0.4) is 0 Å². The van der Waals surface area contributed by atoms with Crippen LogP contribution in [0.2, 0.25) is 0 Å². The van der Waals surface area contributed by atoms with E-state index < -0.39 is 24.3 Å². The topological polar surface area (TPSA) is 109 Å². The molecule has 2 fully saturated rings. The molecule has 2 saturated heterocycles. The molecule has 0 aliphatic carbocycles. The first kappa shape index (κ1) is 35.3. The van der Waals surface area contributed by atoms with E-state index in [0.29, 0.717) is 6.42 Å². The normalized spacial score (nSPS) is 20.1. The van der Waals surface area contributed by atoms with Crippen molar-refractivity contribution in [2.75, 3.05) is 26.7 Å². The summed E-state index contributed by atoms with van der Waals surface area (Å²) in [6, 6.07) is 32.5. The van der Waals surface area contributed by atoms with E-state index in [2.05, 4.69) is 33.7 Å². The summed E-state index contributed by atoms with van der Waals surface area (Å²) in [5.74, 6) is -0.499. The van der Waals surface area contributed by atoms with E-state index in [-0.39, 0.29) is 25.4 Å². The second-order valence-corrected chi connectivity index (χ2v) is 13.1. The van der Waals surface area contributed by atoms with Crippen molar-refractivity contribution >= 4 is 12.0 Å². The fourth-order valence-electron chi connectivity index (χ4n) is 6.77. The van der Waals surface area contributed by atoms with Crippen LogP contribution in [0.1, 0.15) is 65.9 Å². The molecule has 2 aliphatic heterocycles. The minimum atomic E-state index is -0.806. The lowest BCUT2D eigenvalue weighted by Gasteiger charge is -2.39. The van der Waals surface area contributed by atoms with Gasteiger partial charge in [-0.2, -0.15) is 0 Å². The van der Waals surface area contributed by atoms with Gasteiger partial charge in [0.1, 0.15) is 6.04 Å². The summed E-state index contributed by atoms with van der Waals surface area (Å²) < 4.78 is 18.2. The molecule has 50 heavy (non-hydrogen) atoms. The minimum absolute atomic E-state index is 0.0109. The third kappa shape index (κ3) is 9.57. The van der Waals surface area contributed by atoms with Crippen LogP contribution in [0.15, 0.2) is 103 Å². The lowest BCUT2D eigenvalue weighted by atomic mass is 9.98. The highest BCUT2D eigenvalue weighted by molar-refractivity contribution is 5.83. The number of benzene rings is 4. The van der Waals surface area contributed by atoms with Crippen LogP contribution in [0.4, 0.5) is 4.79 Å². The summed E-state index contributed by atoms with van der Waals surface area (Å²) in [5.41, 5.74) is 6.75. The number of urea groups is 1. The van der Waals surface area contributed by atoms with Crippen molar-refractivity contribution in [1.29, 1.82) is 0 Å². The van der Waals surface area contributed by atoms with Crippen molar-refractivity contribution in [1.82, 2.24) is 15.5 Å². The molecular formula is C41H47N3O6. The Hall–Kier alpha value is -4.54. The number of carbonyl (C=O) groups excluding carboxylic acids is 2. The van der Waals surface area contributed by atoms with Gasteiger partial charge >= 0.3 is 12.0 Å². The van der Waals surface area contributed by atoms with Crippen molar-refractivity contribution in [3.05, 3.63) is 131 Å². The minimum Gasteiger partial charge on any atom is -0.467 e. The van der Waals surface area contributed by atoms with E-state index >= 15 is 0 Å². The number of aliphatic hydroxyl groups is 1. The molecule has 262 valence electrons. The van der Waals surface area contributed by atoms with Gasteiger partial charge in [0.2, 0.25) is 0 Å². The third-order valence-corrected chi connectivity index (χ3v) is 9.47. The molecule has 0 bridgehead atoms. The van der Waals surface area contributed by atoms with E-state index in [0.717, 1.165) is 65.0 Å². The van der Waals surface area contributed by atoms with Crippen LogP contribution >= 0.6 is 0 Å². The molecule has 0 spiro atoms. The number of nitrogens with zero attached hydrogens (tertiary/aromatic N) is 1. The van der Waals surface area contributed by atoms with Crippen molar-refractivity contribution in [2.24, 2.45) is 0 Å². The molecule has 6 rings (SSSR count). The highest BCUT2D eigenvalue weighted by atomic mass is 16.7. The van der Waals surface area contributed by atoms with E-state index in [1.165, 1.54) is 26.4 Å². The summed E-state index contributed by atoms with van der Waals surface area (Å²) in [6.45, 7) is 3.37. The molecule has 4 unspecified atom stereocenters. The van der Waals surface area contributed by atoms with Crippen molar-refractivity contribution < 1.29 is 28.9 Å². The van der Waals surface area contributed by atoms with Crippen molar-refractivity contribution in [3.63, 3.8) is 0 Å². The number of ether oxygens (including phenoxy) is 3. The molecule has 4 atom stereocenters. The lowest BCUT2D eigenvalue weighted by Crippen LogP contribution is -2.47. The van der Waals surface area contributed by atoms with Gasteiger partial charge in [0.25, 0.3) is 0 Å². The van der Waals surface area contributed by atoms with Gasteiger partial charge in [0.05, 0.1) is 25.9 Å². The van der Waals surface area contributed by atoms with Gasteiger partial charge in [0.15, 0.2) is 6.29 Å². The zero-order chi connectivity index (χ0) is 34.7. The standard InChI is InChI=1S/C41H47N3O6/c1-48-39(46)37(23-29-10-4-2-5-11-29)43-41(47)42-26-31-12-8-13-33(22-31)34-14-9-15-35(24-34)40-49-36(27-44-20-6-3-7-21-44)25-38(50-40)32-18-16-30(28-45)17-19-32/h2,4-5,8-19,22,24,36-38,40,45H,3,6-7,20-21,23,25-28H2,1H3,(H2,42,43,47). The largest absolute Gasteiger partial charge is 0.467 e. The molecule has 0 aromatic heterocycles. The van der Waals surface area contributed by atoms with Gasteiger partial charge < -0.3 is 34.9 Å². The van der Waals surface area contributed by atoms with E-state index in [9.17, 15) is 14.7 Å². The van der Waals surface area contributed by atoms with Crippen LogP contribution in [0.5, 0.6) is 0 Å². The van der Waals surface area contributed by atoms with Crippen molar-refractivity contribution in [2.45, 2.75) is 69.8 Å².